The highest BCUT2D eigenvalue weighted by atomic mass is 16.4. The van der Waals surface area contributed by atoms with E-state index in [1.807, 2.05) is 13.8 Å². The molecular formula is C10H13N5O. The smallest absolute Gasteiger partial charge is 0.216 e. The summed E-state index contributed by atoms with van der Waals surface area (Å²) in [7, 11) is 0. The van der Waals surface area contributed by atoms with E-state index in [1.54, 1.807) is 12.4 Å². The van der Waals surface area contributed by atoms with Gasteiger partial charge in [-0.25, -0.2) is 15.0 Å². The predicted molar refractivity (Wildman–Crippen MR) is 59.7 cm³/mol. The maximum Gasteiger partial charge on any atom is 0.216 e. The maximum atomic E-state index is 5.71. The van der Waals surface area contributed by atoms with E-state index in [0.717, 1.165) is 5.76 Å². The number of rotatable bonds is 3. The number of anilines is 2. The minimum atomic E-state index is -0.0918. The molecule has 2 heterocycles. The lowest BCUT2D eigenvalue weighted by Gasteiger charge is -2.11. The summed E-state index contributed by atoms with van der Waals surface area (Å²) < 4.78 is 5.40. The first-order chi connectivity index (χ1) is 7.66. The van der Waals surface area contributed by atoms with E-state index in [4.69, 9.17) is 10.2 Å². The molecule has 0 aliphatic carbocycles. The molecule has 1 unspecified atom stereocenters. The molecule has 2 aromatic heterocycles. The van der Waals surface area contributed by atoms with Crippen molar-refractivity contribution in [2.24, 2.45) is 0 Å². The van der Waals surface area contributed by atoms with E-state index < -0.39 is 0 Å². The van der Waals surface area contributed by atoms with Gasteiger partial charge in [-0.2, -0.15) is 0 Å². The van der Waals surface area contributed by atoms with Crippen LogP contribution in [0.25, 0.3) is 0 Å². The van der Waals surface area contributed by atoms with Gasteiger partial charge in [0.1, 0.15) is 18.1 Å². The summed E-state index contributed by atoms with van der Waals surface area (Å²) in [6.45, 7) is 3.77. The van der Waals surface area contributed by atoms with Gasteiger partial charge < -0.3 is 15.5 Å². The lowest BCUT2D eigenvalue weighted by Crippen LogP contribution is -2.10. The van der Waals surface area contributed by atoms with Crippen LogP contribution in [0, 0.1) is 6.92 Å². The highest BCUT2D eigenvalue weighted by molar-refractivity contribution is 5.59. The molecule has 0 bridgehead atoms. The van der Waals surface area contributed by atoms with E-state index in [9.17, 15) is 0 Å². The van der Waals surface area contributed by atoms with Gasteiger partial charge in [0.15, 0.2) is 5.82 Å². The molecule has 1 atom stereocenters. The predicted octanol–water partition coefficient (Wildman–Crippen LogP) is 1.53. The molecular weight excluding hydrogens is 206 g/mol. The average Bonchev–Trinajstić information content (AvgIpc) is 2.68. The van der Waals surface area contributed by atoms with Gasteiger partial charge in [0.2, 0.25) is 5.89 Å². The van der Waals surface area contributed by atoms with Gasteiger partial charge in [-0.1, -0.05) is 0 Å². The first-order valence-electron chi connectivity index (χ1n) is 4.91. The summed E-state index contributed by atoms with van der Waals surface area (Å²) in [5, 5.41) is 3.11. The van der Waals surface area contributed by atoms with Crippen LogP contribution in [-0.2, 0) is 0 Å². The molecule has 0 aromatic carbocycles. The van der Waals surface area contributed by atoms with Crippen molar-refractivity contribution < 1.29 is 4.42 Å². The average molecular weight is 219 g/mol. The number of hydrogen-bond acceptors (Lipinski definition) is 6. The van der Waals surface area contributed by atoms with Crippen LogP contribution in [0.5, 0.6) is 0 Å². The van der Waals surface area contributed by atoms with Crippen molar-refractivity contribution in [3.63, 3.8) is 0 Å². The van der Waals surface area contributed by atoms with Gasteiger partial charge >= 0.3 is 0 Å². The molecule has 0 amide bonds. The van der Waals surface area contributed by atoms with E-state index in [2.05, 4.69) is 20.3 Å². The fraction of sp³-hybridized carbons (Fsp3) is 0.300. The van der Waals surface area contributed by atoms with E-state index in [-0.39, 0.29) is 6.04 Å². The van der Waals surface area contributed by atoms with Crippen LogP contribution in [0.3, 0.4) is 0 Å². The summed E-state index contributed by atoms with van der Waals surface area (Å²) in [5.74, 6) is 1.97. The number of nitrogens with one attached hydrogen (secondary N) is 1. The zero-order chi connectivity index (χ0) is 11.5. The maximum absolute atomic E-state index is 5.71. The van der Waals surface area contributed by atoms with E-state index in [1.165, 1.54) is 6.33 Å². The normalized spacial score (nSPS) is 12.4. The Morgan fingerprint density at radius 1 is 1.38 bits per heavy atom. The third-order valence-corrected chi connectivity index (χ3v) is 2.10. The second-order valence-corrected chi connectivity index (χ2v) is 3.50. The Bertz CT molecular complexity index is 482. The van der Waals surface area contributed by atoms with Crippen molar-refractivity contribution in [3.8, 4) is 0 Å². The van der Waals surface area contributed by atoms with Crippen molar-refractivity contribution in [2.45, 2.75) is 19.9 Å². The van der Waals surface area contributed by atoms with Gasteiger partial charge in [0.05, 0.1) is 18.1 Å². The molecule has 0 fully saturated rings. The zero-order valence-electron chi connectivity index (χ0n) is 9.14. The Kier molecular flexibility index (Phi) is 2.72. The highest BCUT2D eigenvalue weighted by Gasteiger charge is 2.12. The second kappa shape index (κ2) is 4.18. The number of oxazole rings is 1. The zero-order valence-corrected chi connectivity index (χ0v) is 9.14. The van der Waals surface area contributed by atoms with Gasteiger partial charge in [-0.3, -0.25) is 0 Å². The lowest BCUT2D eigenvalue weighted by molar-refractivity contribution is 0.453. The first-order valence-corrected chi connectivity index (χ1v) is 4.91. The molecule has 6 nitrogen and oxygen atoms in total. The Labute approximate surface area is 92.9 Å². The Morgan fingerprint density at radius 2 is 2.19 bits per heavy atom. The Hall–Kier alpha value is -2.11. The largest absolute Gasteiger partial charge is 0.444 e. The third kappa shape index (κ3) is 2.10. The fourth-order valence-electron chi connectivity index (χ4n) is 1.30. The highest BCUT2D eigenvalue weighted by Crippen LogP contribution is 2.20. The van der Waals surface area contributed by atoms with Crippen LogP contribution in [0.1, 0.15) is 24.6 Å². The van der Waals surface area contributed by atoms with E-state index in [0.29, 0.717) is 17.4 Å². The van der Waals surface area contributed by atoms with Crippen molar-refractivity contribution in [3.05, 3.63) is 30.4 Å². The van der Waals surface area contributed by atoms with Crippen molar-refractivity contribution in [1.29, 1.82) is 0 Å². The molecule has 2 rings (SSSR count). The molecule has 16 heavy (non-hydrogen) atoms. The minimum absolute atomic E-state index is 0.0918. The number of aromatic nitrogens is 3. The summed E-state index contributed by atoms with van der Waals surface area (Å²) in [5.41, 5.74) is 6.21. The number of nitrogen functional groups attached to an aromatic ring is 1. The molecule has 0 spiro atoms. The second-order valence-electron chi connectivity index (χ2n) is 3.50. The minimum Gasteiger partial charge on any atom is -0.444 e. The van der Waals surface area contributed by atoms with Crippen LogP contribution < -0.4 is 11.1 Å². The number of nitrogens with zero attached hydrogens (tertiary/aromatic N) is 3. The first kappa shape index (κ1) is 10.4. The van der Waals surface area contributed by atoms with Crippen molar-refractivity contribution in [1.82, 2.24) is 15.0 Å². The molecule has 0 aliphatic heterocycles. The fourth-order valence-corrected chi connectivity index (χ4v) is 1.30. The summed E-state index contributed by atoms with van der Waals surface area (Å²) in [6.07, 6.45) is 4.66. The standard InChI is InChI=1S/C10H13N5O/c1-6-3-13-10(16-6)7(2)15-9-8(11)4-12-5-14-9/h3-5,7H,11H2,1-2H3,(H,12,14,15). The van der Waals surface area contributed by atoms with Crippen molar-refractivity contribution in [2.75, 3.05) is 11.1 Å². The Morgan fingerprint density at radius 3 is 2.81 bits per heavy atom. The van der Waals surface area contributed by atoms with Crippen LogP contribution in [0.4, 0.5) is 11.5 Å². The molecule has 0 radical (unpaired) electrons. The molecule has 84 valence electrons. The number of hydrogen-bond donors (Lipinski definition) is 2. The van der Waals surface area contributed by atoms with Crippen LogP contribution in [0.2, 0.25) is 0 Å². The number of aryl methyl sites for hydroxylation is 1. The van der Waals surface area contributed by atoms with E-state index >= 15 is 0 Å². The molecule has 0 aliphatic rings. The molecule has 6 heteroatoms. The van der Waals surface area contributed by atoms with Gasteiger partial charge in [0, 0.05) is 0 Å². The monoisotopic (exact) mass is 219 g/mol. The van der Waals surface area contributed by atoms with Crippen LogP contribution in [0.15, 0.2) is 23.1 Å². The van der Waals surface area contributed by atoms with Gasteiger partial charge in [0.25, 0.3) is 0 Å². The quantitative estimate of drug-likeness (QED) is 0.813. The summed E-state index contributed by atoms with van der Waals surface area (Å²) in [4.78, 5) is 12.0. The number of nitrogens with two attached hydrogens (primary N) is 1. The topological polar surface area (TPSA) is 89.9 Å². The Balaban J connectivity index is 2.13. The molecule has 3 N–H and O–H groups in total. The molecule has 0 saturated carbocycles. The van der Waals surface area contributed by atoms with Crippen LogP contribution in [-0.4, -0.2) is 15.0 Å². The summed E-state index contributed by atoms with van der Waals surface area (Å²) >= 11 is 0. The molecule has 0 saturated heterocycles. The summed E-state index contributed by atoms with van der Waals surface area (Å²) in [6, 6.07) is -0.0918. The molecule has 2 aromatic rings. The third-order valence-electron chi connectivity index (χ3n) is 2.10. The SMILES string of the molecule is Cc1cnc(C(C)Nc2ncncc2N)o1. The van der Waals surface area contributed by atoms with Gasteiger partial charge in [-0.05, 0) is 13.8 Å². The van der Waals surface area contributed by atoms with Crippen LogP contribution >= 0.6 is 0 Å². The lowest BCUT2D eigenvalue weighted by atomic mass is 10.3. The van der Waals surface area contributed by atoms with Crippen molar-refractivity contribution >= 4 is 11.5 Å². The van der Waals surface area contributed by atoms with Gasteiger partial charge in [-0.15, -0.1) is 0 Å².